The van der Waals surface area contributed by atoms with Crippen LogP contribution in [0.5, 0.6) is 0 Å². The second kappa shape index (κ2) is 4.58. The van der Waals surface area contributed by atoms with E-state index in [2.05, 4.69) is 20.3 Å². The fourth-order valence-electron chi connectivity index (χ4n) is 1.69. The number of hydrogen-bond acceptors (Lipinski definition) is 5. The average Bonchev–Trinajstić information content (AvgIpc) is 2.77. The molecular weight excluding hydrogens is 248 g/mol. The summed E-state index contributed by atoms with van der Waals surface area (Å²) < 4.78 is 0.966. The summed E-state index contributed by atoms with van der Waals surface area (Å²) in [6, 6.07) is 5.81. The number of nitrogens with one attached hydrogen (secondary N) is 2. The van der Waals surface area contributed by atoms with Gasteiger partial charge in [-0.2, -0.15) is 0 Å². The van der Waals surface area contributed by atoms with E-state index in [9.17, 15) is 4.79 Å². The van der Waals surface area contributed by atoms with E-state index >= 15 is 0 Å². The van der Waals surface area contributed by atoms with Crippen molar-refractivity contribution in [2.24, 2.45) is 0 Å². The van der Waals surface area contributed by atoms with Crippen LogP contribution in [0.1, 0.15) is 5.56 Å². The number of benzene rings is 1. The van der Waals surface area contributed by atoms with Gasteiger partial charge in [-0.1, -0.05) is 11.3 Å². The molecule has 18 heavy (non-hydrogen) atoms. The first kappa shape index (κ1) is 10.9. The molecule has 0 aliphatic carbocycles. The van der Waals surface area contributed by atoms with Gasteiger partial charge in [0.2, 0.25) is 0 Å². The molecule has 0 amide bonds. The summed E-state index contributed by atoms with van der Waals surface area (Å²) >= 11 is 1.22. The van der Waals surface area contributed by atoms with Gasteiger partial charge in [0.05, 0.1) is 10.2 Å². The molecule has 3 aromatic rings. The quantitative estimate of drug-likeness (QED) is 0.753. The highest BCUT2D eigenvalue weighted by molar-refractivity contribution is 7.16. The fourth-order valence-corrected chi connectivity index (χ4v) is 2.40. The summed E-state index contributed by atoms with van der Waals surface area (Å²) in [5, 5.41) is 3.26. The number of thiazole rings is 1. The highest BCUT2D eigenvalue weighted by Gasteiger charge is 2.00. The molecule has 0 spiro atoms. The van der Waals surface area contributed by atoms with E-state index in [1.807, 2.05) is 18.2 Å². The van der Waals surface area contributed by atoms with Gasteiger partial charge in [-0.15, -0.1) is 0 Å². The van der Waals surface area contributed by atoms with Crippen LogP contribution < -0.4 is 10.2 Å². The van der Waals surface area contributed by atoms with Crippen molar-refractivity contribution in [3.8, 4) is 0 Å². The van der Waals surface area contributed by atoms with Gasteiger partial charge in [0, 0.05) is 30.2 Å². The van der Waals surface area contributed by atoms with E-state index < -0.39 is 0 Å². The molecule has 0 fully saturated rings. The first-order chi connectivity index (χ1) is 8.81. The van der Waals surface area contributed by atoms with Crippen LogP contribution in [0.15, 0.2) is 41.7 Å². The van der Waals surface area contributed by atoms with E-state index in [0.717, 1.165) is 21.5 Å². The number of anilines is 1. The van der Waals surface area contributed by atoms with Crippen molar-refractivity contribution in [3.05, 3.63) is 52.2 Å². The lowest BCUT2D eigenvalue weighted by atomic mass is 10.2. The fraction of sp³-hybridized carbons (Fsp3) is 0.0833. The number of nitrogens with zero attached hydrogens (tertiary/aromatic N) is 2. The molecular formula is C12H10N4OS. The normalized spacial score (nSPS) is 10.7. The maximum Gasteiger partial charge on any atom is 0.305 e. The average molecular weight is 258 g/mol. The number of aromatic amines is 1. The van der Waals surface area contributed by atoms with Crippen molar-refractivity contribution < 1.29 is 0 Å². The van der Waals surface area contributed by atoms with Crippen LogP contribution in [0.2, 0.25) is 0 Å². The van der Waals surface area contributed by atoms with Gasteiger partial charge in [-0.3, -0.25) is 4.79 Å². The summed E-state index contributed by atoms with van der Waals surface area (Å²) in [7, 11) is 0. The van der Waals surface area contributed by atoms with Crippen molar-refractivity contribution in [1.29, 1.82) is 0 Å². The lowest BCUT2D eigenvalue weighted by molar-refractivity contribution is 1.05. The third-order valence-corrected chi connectivity index (χ3v) is 3.39. The van der Waals surface area contributed by atoms with E-state index in [1.165, 1.54) is 17.7 Å². The maximum absolute atomic E-state index is 11.2. The van der Waals surface area contributed by atoms with E-state index in [4.69, 9.17) is 0 Å². The Bertz CT molecular complexity index is 720. The first-order valence-electron chi connectivity index (χ1n) is 5.42. The van der Waals surface area contributed by atoms with Crippen molar-refractivity contribution in [3.63, 3.8) is 0 Å². The molecule has 90 valence electrons. The summed E-state index contributed by atoms with van der Waals surface area (Å²) in [6.07, 6.45) is 5.04. The van der Waals surface area contributed by atoms with Crippen molar-refractivity contribution >= 4 is 27.2 Å². The molecule has 6 heteroatoms. The predicted octanol–water partition coefficient (Wildman–Crippen LogP) is 1.99. The zero-order valence-corrected chi connectivity index (χ0v) is 10.2. The Morgan fingerprint density at radius 2 is 2.11 bits per heavy atom. The number of hydrogen-bond donors (Lipinski definition) is 2. The largest absolute Gasteiger partial charge is 0.381 e. The minimum Gasteiger partial charge on any atom is -0.381 e. The number of rotatable bonds is 3. The summed E-state index contributed by atoms with van der Waals surface area (Å²) in [5.41, 5.74) is 2.83. The predicted molar refractivity (Wildman–Crippen MR) is 71.8 cm³/mol. The molecule has 2 N–H and O–H groups in total. The Morgan fingerprint density at radius 3 is 2.94 bits per heavy atom. The Kier molecular flexibility index (Phi) is 2.77. The Labute approximate surface area is 107 Å². The zero-order chi connectivity index (χ0) is 12.4. The molecule has 0 atom stereocenters. The second-order valence-corrected chi connectivity index (χ2v) is 4.84. The molecule has 1 aromatic carbocycles. The van der Waals surface area contributed by atoms with Crippen LogP contribution >= 0.6 is 11.3 Å². The Morgan fingerprint density at radius 1 is 1.28 bits per heavy atom. The van der Waals surface area contributed by atoms with Crippen molar-refractivity contribution in [1.82, 2.24) is 15.0 Å². The molecule has 3 rings (SSSR count). The third kappa shape index (κ3) is 2.23. The lowest BCUT2D eigenvalue weighted by Gasteiger charge is -2.05. The van der Waals surface area contributed by atoms with Crippen LogP contribution in [0.25, 0.3) is 10.2 Å². The summed E-state index contributed by atoms with van der Waals surface area (Å²) in [5.74, 6) is 0. The minimum atomic E-state index is -0.0291. The molecule has 0 saturated heterocycles. The monoisotopic (exact) mass is 258 g/mol. The van der Waals surface area contributed by atoms with Crippen LogP contribution in [0.4, 0.5) is 5.69 Å². The van der Waals surface area contributed by atoms with Crippen molar-refractivity contribution in [2.45, 2.75) is 6.54 Å². The van der Waals surface area contributed by atoms with Crippen LogP contribution in [-0.2, 0) is 6.54 Å². The van der Waals surface area contributed by atoms with Gasteiger partial charge in [0.25, 0.3) is 0 Å². The van der Waals surface area contributed by atoms with Gasteiger partial charge >= 0.3 is 4.87 Å². The molecule has 0 bridgehead atoms. The van der Waals surface area contributed by atoms with Gasteiger partial charge in [0.15, 0.2) is 0 Å². The number of aromatic nitrogens is 3. The highest BCUT2D eigenvalue weighted by Crippen LogP contribution is 2.19. The summed E-state index contributed by atoms with van der Waals surface area (Å²) in [4.78, 5) is 21.9. The molecule has 2 aromatic heterocycles. The van der Waals surface area contributed by atoms with Crippen LogP contribution in [0, 0.1) is 0 Å². The maximum atomic E-state index is 11.2. The lowest BCUT2D eigenvalue weighted by Crippen LogP contribution is -2.00. The highest BCUT2D eigenvalue weighted by atomic mass is 32.1. The first-order valence-corrected chi connectivity index (χ1v) is 6.23. The molecule has 0 unspecified atom stereocenters. The Balaban J connectivity index is 1.80. The molecule has 5 nitrogen and oxygen atoms in total. The van der Waals surface area contributed by atoms with Crippen LogP contribution in [0.3, 0.4) is 0 Å². The number of H-pyrrole nitrogens is 1. The topological polar surface area (TPSA) is 70.7 Å². The van der Waals surface area contributed by atoms with Gasteiger partial charge in [0.1, 0.15) is 6.33 Å². The standard InChI is InChI=1S/C12H10N4OS/c17-12-16-10-3-9(1-2-11(10)18-12)15-6-8-4-13-7-14-5-8/h1-5,7,15H,6H2,(H,16,17). The Hall–Kier alpha value is -2.21. The van der Waals surface area contributed by atoms with E-state index in [-0.39, 0.29) is 4.87 Å². The van der Waals surface area contributed by atoms with Gasteiger partial charge in [-0.25, -0.2) is 9.97 Å². The molecule has 0 saturated carbocycles. The zero-order valence-electron chi connectivity index (χ0n) is 9.38. The van der Waals surface area contributed by atoms with Crippen LogP contribution in [-0.4, -0.2) is 15.0 Å². The smallest absolute Gasteiger partial charge is 0.305 e. The molecule has 0 aliphatic heterocycles. The molecule has 0 aliphatic rings. The van der Waals surface area contributed by atoms with E-state index in [0.29, 0.717) is 6.54 Å². The molecule has 2 heterocycles. The minimum absolute atomic E-state index is 0.0291. The third-order valence-electron chi connectivity index (χ3n) is 2.53. The molecule has 0 radical (unpaired) electrons. The van der Waals surface area contributed by atoms with Crippen molar-refractivity contribution in [2.75, 3.05) is 5.32 Å². The van der Waals surface area contributed by atoms with Gasteiger partial charge < -0.3 is 10.3 Å². The number of fused-ring (bicyclic) bond motifs is 1. The SMILES string of the molecule is O=c1[nH]c2cc(NCc3cncnc3)ccc2s1. The van der Waals surface area contributed by atoms with E-state index in [1.54, 1.807) is 12.4 Å². The second-order valence-electron chi connectivity index (χ2n) is 3.83. The summed E-state index contributed by atoms with van der Waals surface area (Å²) in [6.45, 7) is 0.653. The van der Waals surface area contributed by atoms with Gasteiger partial charge in [-0.05, 0) is 18.2 Å².